The maximum atomic E-state index is 12.3. The summed E-state index contributed by atoms with van der Waals surface area (Å²) in [6.07, 6.45) is -0.116. The van der Waals surface area contributed by atoms with Crippen LogP contribution in [-0.4, -0.2) is 87.1 Å². The molecular formula is C18H23BN2O8. The number of benzene rings is 1. The number of aliphatic hydroxyl groups is 1. The number of aromatic hydroxyl groups is 1. The van der Waals surface area contributed by atoms with Crippen molar-refractivity contribution in [2.75, 3.05) is 19.6 Å². The van der Waals surface area contributed by atoms with Gasteiger partial charge in [0.05, 0.1) is 25.2 Å². The second-order valence-electron chi connectivity index (χ2n) is 7.93. The molecule has 1 aromatic carbocycles. The van der Waals surface area contributed by atoms with E-state index in [2.05, 4.69) is 5.32 Å². The van der Waals surface area contributed by atoms with Crippen LogP contribution in [0.25, 0.3) is 0 Å². The number of carbonyl (C=O) groups is 2. The topological polar surface area (TPSA) is 160 Å². The van der Waals surface area contributed by atoms with Crippen molar-refractivity contribution in [1.29, 1.82) is 0 Å². The van der Waals surface area contributed by atoms with E-state index in [4.69, 9.17) is 4.74 Å². The number of aromatic carboxylic acids is 1. The second kappa shape index (κ2) is 7.49. The first-order chi connectivity index (χ1) is 13.8. The number of likely N-dealkylation sites (tertiary alicyclic amines) is 1. The van der Waals surface area contributed by atoms with Gasteiger partial charge < -0.3 is 40.3 Å². The maximum Gasteiger partial charge on any atom is 0.455 e. The molecule has 0 radical (unpaired) electrons. The Bertz CT molecular complexity index is 828. The monoisotopic (exact) mass is 406 g/mol. The van der Waals surface area contributed by atoms with Gasteiger partial charge in [-0.2, -0.15) is 0 Å². The van der Waals surface area contributed by atoms with Crippen LogP contribution in [0.1, 0.15) is 34.7 Å². The number of aliphatic hydroxyl groups excluding tert-OH is 1. The van der Waals surface area contributed by atoms with Crippen LogP contribution in [0, 0.1) is 0 Å². The molecular weight excluding hydrogens is 383 g/mol. The molecule has 1 aliphatic carbocycles. The fraction of sp³-hybridized carbons (Fsp3) is 0.556. The van der Waals surface area contributed by atoms with Crippen molar-refractivity contribution in [2.24, 2.45) is 0 Å². The number of carboxylic acid groups (broad SMARTS) is 1. The lowest BCUT2D eigenvalue weighted by Gasteiger charge is -2.40. The summed E-state index contributed by atoms with van der Waals surface area (Å²) in [5.41, 5.74) is -0.0185. The summed E-state index contributed by atoms with van der Waals surface area (Å²) in [5, 5.41) is 51.0. The van der Waals surface area contributed by atoms with E-state index in [0.717, 1.165) is 0 Å². The highest BCUT2D eigenvalue weighted by atomic mass is 16.5. The number of phenols is 1. The van der Waals surface area contributed by atoms with Crippen LogP contribution in [0.5, 0.6) is 11.5 Å². The first-order valence-corrected chi connectivity index (χ1v) is 9.58. The number of hydrogen-bond donors (Lipinski definition) is 6. The van der Waals surface area contributed by atoms with Gasteiger partial charge in [-0.1, -0.05) is 6.07 Å². The van der Waals surface area contributed by atoms with Crippen LogP contribution in [-0.2, 0) is 4.79 Å². The molecule has 1 amide bonds. The van der Waals surface area contributed by atoms with E-state index in [1.54, 1.807) is 4.90 Å². The van der Waals surface area contributed by atoms with Crippen LogP contribution in [0.3, 0.4) is 0 Å². The van der Waals surface area contributed by atoms with Crippen molar-refractivity contribution >= 4 is 19.0 Å². The van der Waals surface area contributed by atoms with Crippen LogP contribution < -0.4 is 10.1 Å². The second-order valence-corrected chi connectivity index (χ2v) is 7.93. The van der Waals surface area contributed by atoms with Crippen molar-refractivity contribution in [2.45, 2.75) is 42.8 Å². The highest BCUT2D eigenvalue weighted by Crippen LogP contribution is 2.56. The number of amides is 1. The normalized spacial score (nSPS) is 28.7. The highest BCUT2D eigenvalue weighted by Gasteiger charge is 2.48. The van der Waals surface area contributed by atoms with Crippen molar-refractivity contribution in [3.63, 3.8) is 0 Å². The zero-order valence-corrected chi connectivity index (χ0v) is 15.6. The van der Waals surface area contributed by atoms with Gasteiger partial charge in [-0.25, -0.2) is 4.79 Å². The lowest BCUT2D eigenvalue weighted by Crippen LogP contribution is -2.59. The van der Waals surface area contributed by atoms with Crippen molar-refractivity contribution in [3.8, 4) is 11.5 Å². The Kier molecular flexibility index (Phi) is 5.15. The molecule has 3 fully saturated rings. The fourth-order valence-electron chi connectivity index (χ4n) is 4.09. The third-order valence-corrected chi connectivity index (χ3v) is 5.87. The van der Waals surface area contributed by atoms with Gasteiger partial charge in [0.25, 0.3) is 0 Å². The first-order valence-electron chi connectivity index (χ1n) is 9.58. The lowest BCUT2D eigenvalue weighted by atomic mass is 9.81. The number of ether oxygens (including phenoxy) is 1. The lowest BCUT2D eigenvalue weighted by molar-refractivity contribution is -0.142. The number of carboxylic acids is 1. The molecule has 1 saturated carbocycles. The highest BCUT2D eigenvalue weighted by molar-refractivity contribution is 6.44. The quantitative estimate of drug-likeness (QED) is 0.317. The summed E-state index contributed by atoms with van der Waals surface area (Å²) in [5.74, 6) is -2.64. The van der Waals surface area contributed by atoms with E-state index < -0.39 is 42.9 Å². The molecule has 2 saturated heterocycles. The zero-order valence-electron chi connectivity index (χ0n) is 15.6. The van der Waals surface area contributed by atoms with Gasteiger partial charge in [0, 0.05) is 12.4 Å². The number of β-amino-alcohol motifs (C(OH)–C–C–N with tert-alkyl or cyclic N) is 1. The Hall–Kier alpha value is -2.34. The molecule has 1 aromatic rings. The first kappa shape index (κ1) is 20.0. The average Bonchev–Trinajstić information content (AvgIpc) is 3.30. The molecule has 0 unspecified atom stereocenters. The van der Waals surface area contributed by atoms with Crippen LogP contribution in [0.4, 0.5) is 0 Å². The van der Waals surface area contributed by atoms with E-state index in [-0.39, 0.29) is 36.2 Å². The smallest absolute Gasteiger partial charge is 0.455 e. The molecule has 156 valence electrons. The van der Waals surface area contributed by atoms with Crippen LogP contribution in [0.2, 0.25) is 5.82 Å². The minimum Gasteiger partial charge on any atom is -0.507 e. The summed E-state index contributed by atoms with van der Waals surface area (Å²) in [6, 6.07) is 2.57. The molecule has 2 heterocycles. The Balaban J connectivity index is 1.41. The molecule has 0 aromatic heterocycles. The largest absolute Gasteiger partial charge is 0.507 e. The SMILES string of the molecule is O=C(O)c1c(OC2CN(C(=O)[C@H]3C[C@@H](O)CN3)C2)ccc([C@@H]2C[C@@H]2B(O)O)c1O. The molecule has 11 heteroatoms. The van der Waals surface area contributed by atoms with Gasteiger partial charge in [0.15, 0.2) is 0 Å². The van der Waals surface area contributed by atoms with Crippen molar-refractivity contribution in [3.05, 3.63) is 23.3 Å². The van der Waals surface area contributed by atoms with Gasteiger partial charge in [0.1, 0.15) is 23.2 Å². The number of nitrogens with one attached hydrogen (secondary N) is 1. The standard InChI is InChI=1S/C18H23BN2O8/c22-8-3-13(20-5-8)17(24)21-6-9(7-21)29-14-2-1-10(11-4-12(11)19(27)28)16(23)15(14)18(25)26/h1-2,8-9,11-13,20,22-23,27-28H,3-7H2,(H,25,26)/t8-,11+,12+,13-/m1/s1. The number of nitrogens with zero attached hydrogens (tertiary/aromatic N) is 1. The maximum absolute atomic E-state index is 12.3. The molecule has 6 N–H and O–H groups in total. The average molecular weight is 406 g/mol. The number of carbonyl (C=O) groups excluding carboxylic acids is 1. The van der Waals surface area contributed by atoms with E-state index >= 15 is 0 Å². The van der Waals surface area contributed by atoms with Crippen molar-refractivity contribution < 1.29 is 39.7 Å². The molecule has 3 aliphatic rings. The molecule has 4 rings (SSSR count). The zero-order chi connectivity index (χ0) is 20.9. The van der Waals surface area contributed by atoms with Gasteiger partial charge in [-0.05, 0) is 30.4 Å². The summed E-state index contributed by atoms with van der Waals surface area (Å²) in [4.78, 5) is 25.6. The third-order valence-electron chi connectivity index (χ3n) is 5.87. The van der Waals surface area contributed by atoms with E-state index in [1.807, 2.05) is 0 Å². The van der Waals surface area contributed by atoms with E-state index in [0.29, 0.717) is 24.9 Å². The minimum atomic E-state index is -1.52. The molecule has 4 atom stereocenters. The Morgan fingerprint density at radius 3 is 2.48 bits per heavy atom. The minimum absolute atomic E-state index is 0.00649. The summed E-state index contributed by atoms with van der Waals surface area (Å²) in [7, 11) is -1.52. The van der Waals surface area contributed by atoms with Gasteiger partial charge in [-0.3, -0.25) is 4.79 Å². The van der Waals surface area contributed by atoms with Crippen LogP contribution in [0.15, 0.2) is 12.1 Å². The number of rotatable bonds is 6. The summed E-state index contributed by atoms with van der Waals surface area (Å²) >= 11 is 0. The molecule has 29 heavy (non-hydrogen) atoms. The van der Waals surface area contributed by atoms with Crippen LogP contribution >= 0.6 is 0 Å². The summed E-state index contributed by atoms with van der Waals surface area (Å²) in [6.45, 7) is 0.957. The molecule has 2 aliphatic heterocycles. The molecule has 10 nitrogen and oxygen atoms in total. The van der Waals surface area contributed by atoms with Crippen molar-refractivity contribution in [1.82, 2.24) is 10.2 Å². The predicted octanol–water partition coefficient (Wildman–Crippen LogP) is -1.27. The van der Waals surface area contributed by atoms with E-state index in [9.17, 15) is 35.0 Å². The molecule has 0 spiro atoms. The predicted molar refractivity (Wildman–Crippen MR) is 99.8 cm³/mol. The van der Waals surface area contributed by atoms with Gasteiger partial charge >= 0.3 is 13.1 Å². The Morgan fingerprint density at radius 2 is 1.93 bits per heavy atom. The number of hydrogen-bond acceptors (Lipinski definition) is 8. The van der Waals surface area contributed by atoms with Gasteiger partial charge in [-0.15, -0.1) is 0 Å². The summed E-state index contributed by atoms with van der Waals surface area (Å²) < 4.78 is 5.71. The third kappa shape index (κ3) is 3.78. The fourth-order valence-corrected chi connectivity index (χ4v) is 4.09. The van der Waals surface area contributed by atoms with Gasteiger partial charge in [0.2, 0.25) is 5.91 Å². The van der Waals surface area contributed by atoms with E-state index in [1.165, 1.54) is 12.1 Å². The Morgan fingerprint density at radius 1 is 1.21 bits per heavy atom. The molecule has 0 bridgehead atoms. The Labute approximate surface area is 166 Å².